The van der Waals surface area contributed by atoms with E-state index < -0.39 is 11.6 Å². The number of fused-ring (bicyclic) bond motifs is 4. The highest BCUT2D eigenvalue weighted by atomic mass is 16.3. The number of aliphatic hydroxyl groups is 1. The molecule has 0 aromatic heterocycles. The zero-order chi connectivity index (χ0) is 15.0. The number of ketones is 1. The topological polar surface area (TPSA) is 77.9 Å². The van der Waals surface area contributed by atoms with Gasteiger partial charge < -0.3 is 14.9 Å². The van der Waals surface area contributed by atoms with Crippen LogP contribution in [0, 0.1) is 0 Å². The van der Waals surface area contributed by atoms with Crippen molar-refractivity contribution in [2.24, 2.45) is 0 Å². The number of rotatable bonds is 0. The summed E-state index contributed by atoms with van der Waals surface area (Å²) in [5.41, 5.74) is -1.51. The first-order valence-electron chi connectivity index (χ1n) is 7.85. The maximum atomic E-state index is 12.7. The lowest BCUT2D eigenvalue weighted by molar-refractivity contribution is -0.174. The molecule has 0 aliphatic carbocycles. The lowest BCUT2D eigenvalue weighted by atomic mass is 9.79. The summed E-state index contributed by atoms with van der Waals surface area (Å²) in [7, 11) is 0. The van der Waals surface area contributed by atoms with Gasteiger partial charge in [-0.05, 0) is 32.1 Å². The SMILES string of the molecule is O=C1CCCN2CCC[C@](O)(C2=O)[C@H]2CCCC(=O)N2C1. The van der Waals surface area contributed by atoms with Crippen LogP contribution in [0.5, 0.6) is 0 Å². The molecule has 1 N–H and O–H groups in total. The molecule has 3 saturated heterocycles. The van der Waals surface area contributed by atoms with Crippen LogP contribution in [-0.2, 0) is 14.4 Å². The van der Waals surface area contributed by atoms with E-state index in [1.807, 2.05) is 0 Å². The highest BCUT2D eigenvalue weighted by Crippen LogP contribution is 2.35. The van der Waals surface area contributed by atoms with Crippen molar-refractivity contribution in [3.8, 4) is 0 Å². The number of carbonyl (C=O) groups is 3. The fourth-order valence-electron chi connectivity index (χ4n) is 3.90. The first-order valence-corrected chi connectivity index (χ1v) is 7.85. The largest absolute Gasteiger partial charge is 0.378 e. The Labute approximate surface area is 124 Å². The van der Waals surface area contributed by atoms with E-state index in [1.54, 1.807) is 4.90 Å². The van der Waals surface area contributed by atoms with Gasteiger partial charge in [0.1, 0.15) is 0 Å². The normalized spacial score (nSPS) is 34.7. The van der Waals surface area contributed by atoms with E-state index in [0.29, 0.717) is 51.6 Å². The summed E-state index contributed by atoms with van der Waals surface area (Å²) in [5.74, 6) is -0.348. The Morgan fingerprint density at radius 1 is 1.05 bits per heavy atom. The van der Waals surface area contributed by atoms with Gasteiger partial charge in [-0.25, -0.2) is 0 Å². The maximum Gasteiger partial charge on any atom is 0.256 e. The summed E-state index contributed by atoms with van der Waals surface area (Å²) in [6.45, 7) is 1.20. The van der Waals surface area contributed by atoms with E-state index in [0.717, 1.165) is 6.42 Å². The lowest BCUT2D eigenvalue weighted by Gasteiger charge is -2.48. The van der Waals surface area contributed by atoms with Crippen molar-refractivity contribution in [2.45, 2.75) is 56.6 Å². The molecule has 0 unspecified atom stereocenters. The molecule has 0 spiro atoms. The molecule has 0 aromatic carbocycles. The predicted molar refractivity (Wildman–Crippen MR) is 74.4 cm³/mol. The van der Waals surface area contributed by atoms with Gasteiger partial charge in [0.2, 0.25) is 5.91 Å². The third kappa shape index (κ3) is 2.46. The molecule has 3 fully saturated rings. The number of carbonyl (C=O) groups excluding carboxylic acids is 3. The first kappa shape index (κ1) is 14.5. The molecule has 3 aliphatic rings. The van der Waals surface area contributed by atoms with Crippen LogP contribution >= 0.6 is 0 Å². The Morgan fingerprint density at radius 2 is 1.81 bits per heavy atom. The maximum absolute atomic E-state index is 12.7. The van der Waals surface area contributed by atoms with Crippen molar-refractivity contribution in [1.82, 2.24) is 9.80 Å². The molecule has 0 radical (unpaired) electrons. The number of piperidine rings is 2. The quantitative estimate of drug-likeness (QED) is 0.686. The summed E-state index contributed by atoms with van der Waals surface area (Å²) in [4.78, 5) is 40.0. The van der Waals surface area contributed by atoms with Crippen molar-refractivity contribution in [2.75, 3.05) is 19.6 Å². The molecule has 116 valence electrons. The van der Waals surface area contributed by atoms with Gasteiger partial charge in [-0.2, -0.15) is 0 Å². The second-order valence-corrected chi connectivity index (χ2v) is 6.39. The van der Waals surface area contributed by atoms with Crippen LogP contribution in [0.2, 0.25) is 0 Å². The summed E-state index contributed by atoms with van der Waals surface area (Å²) >= 11 is 0. The van der Waals surface area contributed by atoms with E-state index in [1.165, 1.54) is 4.90 Å². The molecule has 6 heteroatoms. The zero-order valence-corrected chi connectivity index (χ0v) is 12.2. The van der Waals surface area contributed by atoms with Crippen molar-refractivity contribution < 1.29 is 19.5 Å². The highest BCUT2D eigenvalue weighted by molar-refractivity contribution is 5.91. The van der Waals surface area contributed by atoms with Crippen molar-refractivity contribution in [1.29, 1.82) is 0 Å². The predicted octanol–water partition coefficient (Wildman–Crippen LogP) is 0.0839. The molecule has 0 aromatic rings. The number of nitrogens with zero attached hydrogens (tertiary/aromatic N) is 2. The van der Waals surface area contributed by atoms with Gasteiger partial charge in [0, 0.05) is 25.9 Å². The molecule has 3 rings (SSSR count). The Hall–Kier alpha value is -1.43. The first-order chi connectivity index (χ1) is 10.0. The molecule has 21 heavy (non-hydrogen) atoms. The minimum atomic E-state index is -1.51. The van der Waals surface area contributed by atoms with E-state index in [-0.39, 0.29) is 24.1 Å². The lowest BCUT2D eigenvalue weighted by Crippen LogP contribution is -2.66. The van der Waals surface area contributed by atoms with Crippen LogP contribution < -0.4 is 0 Å². The standard InChI is InChI=1S/C15H22N2O4/c18-11-4-2-8-16-9-3-7-15(21,14(16)20)12-5-1-6-13(19)17(12)10-11/h12,21H,1-10H2/t12-,15-/m1/s1. The molecule has 3 heterocycles. The second-order valence-electron chi connectivity index (χ2n) is 6.39. The van der Waals surface area contributed by atoms with Crippen molar-refractivity contribution in [3.05, 3.63) is 0 Å². The summed E-state index contributed by atoms with van der Waals surface area (Å²) in [6, 6.07) is -0.545. The van der Waals surface area contributed by atoms with Gasteiger partial charge >= 0.3 is 0 Å². The third-order valence-electron chi connectivity index (χ3n) is 4.99. The minimum Gasteiger partial charge on any atom is -0.378 e. The van der Waals surface area contributed by atoms with Gasteiger partial charge in [0.25, 0.3) is 5.91 Å². The highest BCUT2D eigenvalue weighted by Gasteiger charge is 2.52. The van der Waals surface area contributed by atoms with Gasteiger partial charge in [-0.1, -0.05) is 0 Å². The van der Waals surface area contributed by atoms with Gasteiger partial charge in [-0.3, -0.25) is 14.4 Å². The molecular formula is C15H22N2O4. The third-order valence-corrected chi connectivity index (χ3v) is 4.99. The Morgan fingerprint density at radius 3 is 2.62 bits per heavy atom. The Balaban J connectivity index is 1.97. The van der Waals surface area contributed by atoms with Crippen LogP contribution in [0.3, 0.4) is 0 Å². The number of hydrogen-bond donors (Lipinski definition) is 1. The van der Waals surface area contributed by atoms with E-state index in [4.69, 9.17) is 0 Å². The molecule has 2 bridgehead atoms. The van der Waals surface area contributed by atoms with Gasteiger partial charge in [-0.15, -0.1) is 0 Å². The number of hydrogen-bond acceptors (Lipinski definition) is 4. The number of amides is 2. The van der Waals surface area contributed by atoms with Crippen molar-refractivity contribution >= 4 is 17.6 Å². The average molecular weight is 294 g/mol. The molecular weight excluding hydrogens is 272 g/mol. The monoisotopic (exact) mass is 294 g/mol. The molecule has 6 nitrogen and oxygen atoms in total. The van der Waals surface area contributed by atoms with Gasteiger partial charge in [0.15, 0.2) is 11.4 Å². The fraction of sp³-hybridized carbons (Fsp3) is 0.800. The second kappa shape index (κ2) is 5.40. The van der Waals surface area contributed by atoms with Crippen LogP contribution in [0.15, 0.2) is 0 Å². The van der Waals surface area contributed by atoms with Crippen molar-refractivity contribution in [3.63, 3.8) is 0 Å². The molecule has 3 aliphatic heterocycles. The van der Waals surface area contributed by atoms with Crippen LogP contribution in [0.4, 0.5) is 0 Å². The summed E-state index contributed by atoms with van der Waals surface area (Å²) < 4.78 is 0. The minimum absolute atomic E-state index is 0.0208. The average Bonchev–Trinajstić information content (AvgIpc) is 2.44. The van der Waals surface area contributed by atoms with E-state index >= 15 is 0 Å². The molecule has 0 saturated carbocycles. The van der Waals surface area contributed by atoms with Crippen LogP contribution in [0.1, 0.15) is 44.9 Å². The smallest absolute Gasteiger partial charge is 0.256 e. The number of Topliss-reactive ketones (excluding diaryl/α,β-unsaturated/α-hetero) is 1. The van der Waals surface area contributed by atoms with E-state index in [9.17, 15) is 19.5 Å². The molecule has 2 amide bonds. The summed E-state index contributed by atoms with van der Waals surface area (Å²) in [5, 5.41) is 11.0. The fourth-order valence-corrected chi connectivity index (χ4v) is 3.90. The zero-order valence-electron chi connectivity index (χ0n) is 12.2. The van der Waals surface area contributed by atoms with E-state index in [2.05, 4.69) is 0 Å². The summed E-state index contributed by atoms with van der Waals surface area (Å²) in [6.07, 6.45) is 3.78. The van der Waals surface area contributed by atoms with Crippen LogP contribution in [0.25, 0.3) is 0 Å². The van der Waals surface area contributed by atoms with Gasteiger partial charge in [0.05, 0.1) is 12.6 Å². The molecule has 2 atom stereocenters. The van der Waals surface area contributed by atoms with Crippen LogP contribution in [-0.4, -0.2) is 63.8 Å². The Kier molecular flexibility index (Phi) is 3.73. The Bertz CT molecular complexity index is 478.